The molecule has 0 radical (unpaired) electrons. The first-order valence-corrected chi connectivity index (χ1v) is 12.9. The summed E-state index contributed by atoms with van der Waals surface area (Å²) in [5.41, 5.74) is 4.75. The van der Waals surface area contributed by atoms with Crippen molar-refractivity contribution < 1.29 is 4.79 Å². The Morgan fingerprint density at radius 3 is 2.39 bits per heavy atom. The van der Waals surface area contributed by atoms with Gasteiger partial charge in [0.1, 0.15) is 0 Å². The highest BCUT2D eigenvalue weighted by atomic mass is 32.1. The van der Waals surface area contributed by atoms with E-state index in [0.717, 1.165) is 38.3 Å². The maximum Gasteiger partial charge on any atom is 0.253 e. The van der Waals surface area contributed by atoms with Gasteiger partial charge in [-0.3, -0.25) is 9.69 Å². The quantitative estimate of drug-likeness (QED) is 0.389. The van der Waals surface area contributed by atoms with Gasteiger partial charge in [0, 0.05) is 49.1 Å². The summed E-state index contributed by atoms with van der Waals surface area (Å²) in [6.07, 6.45) is 0. The van der Waals surface area contributed by atoms with Gasteiger partial charge in [0.05, 0.1) is 0 Å². The third-order valence-electron chi connectivity index (χ3n) is 6.71. The molecule has 1 aliphatic heterocycles. The molecule has 0 N–H and O–H groups in total. The Kier molecular flexibility index (Phi) is 7.67. The summed E-state index contributed by atoms with van der Waals surface area (Å²) in [6, 6.07) is 21.1. The lowest BCUT2D eigenvalue weighted by atomic mass is 9.88. The Morgan fingerprint density at radius 1 is 1.03 bits per heavy atom. The molecule has 0 aliphatic carbocycles. The maximum atomic E-state index is 13.5. The first-order chi connectivity index (χ1) is 15.9. The first kappa shape index (κ1) is 23.7. The highest BCUT2D eigenvalue weighted by molar-refractivity contribution is 7.10. The van der Waals surface area contributed by atoms with E-state index in [1.165, 1.54) is 21.6 Å². The van der Waals surface area contributed by atoms with E-state index in [0.29, 0.717) is 17.8 Å². The minimum absolute atomic E-state index is 0.156. The Morgan fingerprint density at radius 2 is 1.76 bits per heavy atom. The number of aryl methyl sites for hydroxylation is 2. The lowest BCUT2D eigenvalue weighted by Gasteiger charge is -2.30. The minimum atomic E-state index is 0.156. The number of carbonyl (C=O) groups is 1. The summed E-state index contributed by atoms with van der Waals surface area (Å²) >= 11 is 1.85. The normalized spacial score (nSPS) is 18.7. The van der Waals surface area contributed by atoms with Crippen molar-refractivity contribution in [2.75, 3.05) is 26.2 Å². The van der Waals surface area contributed by atoms with E-state index in [-0.39, 0.29) is 5.91 Å². The number of nitrogens with zero attached hydrogens (tertiary/aromatic N) is 2. The van der Waals surface area contributed by atoms with Crippen molar-refractivity contribution in [3.63, 3.8) is 0 Å². The smallest absolute Gasteiger partial charge is 0.253 e. The van der Waals surface area contributed by atoms with Gasteiger partial charge in [-0.05, 0) is 60.4 Å². The number of amides is 1. The molecule has 0 bridgehead atoms. The van der Waals surface area contributed by atoms with Gasteiger partial charge in [-0.15, -0.1) is 11.3 Å². The molecule has 1 amide bonds. The molecule has 0 spiro atoms. The van der Waals surface area contributed by atoms with Crippen LogP contribution < -0.4 is 0 Å². The van der Waals surface area contributed by atoms with Gasteiger partial charge in [-0.1, -0.05) is 61.9 Å². The Labute approximate surface area is 203 Å². The van der Waals surface area contributed by atoms with Gasteiger partial charge < -0.3 is 4.90 Å². The zero-order valence-corrected chi connectivity index (χ0v) is 21.1. The lowest BCUT2D eigenvalue weighted by molar-refractivity contribution is 0.0703. The number of hydrogen-bond acceptors (Lipinski definition) is 3. The van der Waals surface area contributed by atoms with E-state index >= 15 is 0 Å². The molecule has 4 rings (SSSR count). The summed E-state index contributed by atoms with van der Waals surface area (Å²) in [5.74, 6) is 1.44. The van der Waals surface area contributed by atoms with Gasteiger partial charge in [0.15, 0.2) is 0 Å². The Bertz CT molecular complexity index is 1040. The number of carbonyl (C=O) groups excluding carboxylic acids is 1. The first-order valence-electron chi connectivity index (χ1n) is 12.1. The Balaban J connectivity index is 1.57. The number of likely N-dealkylation sites (tertiary alicyclic amines) is 1. The maximum absolute atomic E-state index is 13.5. The molecule has 1 fully saturated rings. The fourth-order valence-electron chi connectivity index (χ4n) is 4.96. The van der Waals surface area contributed by atoms with Crippen LogP contribution in [0.5, 0.6) is 0 Å². The topological polar surface area (TPSA) is 23.6 Å². The molecule has 2 atom stereocenters. The van der Waals surface area contributed by atoms with Crippen LogP contribution in [0.1, 0.15) is 51.7 Å². The fraction of sp³-hybridized carbons (Fsp3) is 0.414. The Hall–Kier alpha value is -2.43. The van der Waals surface area contributed by atoms with Crippen molar-refractivity contribution in [2.45, 2.75) is 40.2 Å². The average Bonchev–Trinajstić information content (AvgIpc) is 3.39. The van der Waals surface area contributed by atoms with E-state index in [1.807, 2.05) is 35.6 Å². The van der Waals surface area contributed by atoms with Crippen LogP contribution >= 0.6 is 11.3 Å². The molecule has 174 valence electrons. The monoisotopic (exact) mass is 460 g/mol. The molecule has 0 unspecified atom stereocenters. The average molecular weight is 461 g/mol. The summed E-state index contributed by atoms with van der Waals surface area (Å²) in [5, 5.41) is 2.19. The van der Waals surface area contributed by atoms with E-state index in [1.54, 1.807) is 0 Å². The third kappa shape index (κ3) is 5.93. The number of benzene rings is 2. The van der Waals surface area contributed by atoms with E-state index in [9.17, 15) is 4.79 Å². The number of thiophene rings is 1. The molecule has 3 aromatic rings. The molecule has 0 saturated carbocycles. The van der Waals surface area contributed by atoms with E-state index < -0.39 is 0 Å². The minimum Gasteiger partial charge on any atom is -0.338 e. The van der Waals surface area contributed by atoms with Crippen molar-refractivity contribution in [3.8, 4) is 0 Å². The molecule has 2 aromatic carbocycles. The lowest BCUT2D eigenvalue weighted by Crippen LogP contribution is -2.39. The largest absolute Gasteiger partial charge is 0.338 e. The molecule has 2 heterocycles. The van der Waals surface area contributed by atoms with Crippen LogP contribution in [0.4, 0.5) is 0 Å². The van der Waals surface area contributed by atoms with Crippen molar-refractivity contribution in [2.24, 2.45) is 11.8 Å². The second kappa shape index (κ2) is 10.7. The second-order valence-electron chi connectivity index (χ2n) is 9.97. The van der Waals surface area contributed by atoms with Crippen LogP contribution in [0, 0.1) is 25.7 Å². The molecule has 33 heavy (non-hydrogen) atoms. The summed E-state index contributed by atoms with van der Waals surface area (Å²) in [6.45, 7) is 13.3. The van der Waals surface area contributed by atoms with Crippen molar-refractivity contribution in [1.29, 1.82) is 0 Å². The number of rotatable bonds is 8. The zero-order chi connectivity index (χ0) is 23.4. The molecule has 1 aromatic heterocycles. The van der Waals surface area contributed by atoms with E-state index in [4.69, 9.17) is 0 Å². The van der Waals surface area contributed by atoms with Gasteiger partial charge in [0.25, 0.3) is 5.91 Å². The standard InChI is InChI=1S/C29H36N2OS/c1-21(2)16-31(29(32)25-12-10-22(3)11-13-25)18-26-17-30(20-28-23(4)14-15-33-28)19-27(26)24-8-6-5-7-9-24/h5-15,21,26-27H,16-20H2,1-4H3/t26-,27-/m0/s1. The zero-order valence-electron chi connectivity index (χ0n) is 20.3. The van der Waals surface area contributed by atoms with Crippen LogP contribution in [0.3, 0.4) is 0 Å². The molecular weight excluding hydrogens is 424 g/mol. The van der Waals surface area contributed by atoms with Gasteiger partial charge in [-0.25, -0.2) is 0 Å². The van der Waals surface area contributed by atoms with Crippen molar-refractivity contribution >= 4 is 17.2 Å². The molecule has 4 heteroatoms. The van der Waals surface area contributed by atoms with E-state index in [2.05, 4.69) is 79.3 Å². The molecule has 3 nitrogen and oxygen atoms in total. The van der Waals surface area contributed by atoms with Crippen LogP contribution in [-0.2, 0) is 6.54 Å². The fourth-order valence-corrected chi connectivity index (χ4v) is 5.91. The molecule has 1 saturated heterocycles. The van der Waals surface area contributed by atoms with Crippen LogP contribution in [0.25, 0.3) is 0 Å². The van der Waals surface area contributed by atoms with Crippen molar-refractivity contribution in [3.05, 3.63) is 93.2 Å². The summed E-state index contributed by atoms with van der Waals surface area (Å²) < 4.78 is 0. The van der Waals surface area contributed by atoms with Gasteiger partial charge in [-0.2, -0.15) is 0 Å². The highest BCUT2D eigenvalue weighted by Gasteiger charge is 2.36. The predicted octanol–water partition coefficient (Wildman–Crippen LogP) is 6.38. The highest BCUT2D eigenvalue weighted by Crippen LogP contribution is 2.35. The van der Waals surface area contributed by atoms with Gasteiger partial charge >= 0.3 is 0 Å². The second-order valence-corrected chi connectivity index (χ2v) is 11.0. The molecule has 1 aliphatic rings. The van der Waals surface area contributed by atoms with Crippen LogP contribution in [0.15, 0.2) is 66.0 Å². The van der Waals surface area contributed by atoms with Crippen molar-refractivity contribution in [1.82, 2.24) is 9.80 Å². The summed E-state index contributed by atoms with van der Waals surface area (Å²) in [4.78, 5) is 19.7. The number of hydrogen-bond donors (Lipinski definition) is 0. The summed E-state index contributed by atoms with van der Waals surface area (Å²) in [7, 11) is 0. The predicted molar refractivity (Wildman–Crippen MR) is 139 cm³/mol. The third-order valence-corrected chi connectivity index (χ3v) is 7.71. The SMILES string of the molecule is Cc1ccc(C(=O)N(CC(C)C)C[C@@H]2CN(Cc3sccc3C)C[C@H]2c2ccccc2)cc1. The van der Waals surface area contributed by atoms with Gasteiger partial charge in [0.2, 0.25) is 0 Å². The van der Waals surface area contributed by atoms with Crippen LogP contribution in [-0.4, -0.2) is 41.9 Å². The molecular formula is C29H36N2OS. The van der Waals surface area contributed by atoms with Crippen LogP contribution in [0.2, 0.25) is 0 Å².